The van der Waals surface area contributed by atoms with Crippen LogP contribution in [0.2, 0.25) is 0 Å². The fraction of sp³-hybridized carbons (Fsp3) is 0.529. The zero-order chi connectivity index (χ0) is 16.7. The van der Waals surface area contributed by atoms with Crippen LogP contribution in [0.15, 0.2) is 30.3 Å². The number of carboxylic acids is 1. The molecule has 0 radical (unpaired) electrons. The quantitative estimate of drug-likeness (QED) is 0.870. The topological polar surface area (TPSA) is 70.1 Å². The number of rotatable bonds is 6. The van der Waals surface area contributed by atoms with Crippen molar-refractivity contribution < 1.29 is 19.4 Å². The second kappa shape index (κ2) is 8.53. The Labute approximate surface area is 136 Å². The molecule has 126 valence electrons. The second-order valence-corrected chi connectivity index (χ2v) is 5.73. The minimum absolute atomic E-state index is 0.173. The van der Waals surface area contributed by atoms with Crippen LogP contribution in [0.25, 0.3) is 0 Å². The summed E-state index contributed by atoms with van der Waals surface area (Å²) in [7, 11) is 0. The average molecular weight is 320 g/mol. The van der Waals surface area contributed by atoms with Crippen molar-refractivity contribution in [2.45, 2.75) is 32.4 Å². The molecule has 6 heteroatoms. The Bertz CT molecular complexity index is 521. The van der Waals surface area contributed by atoms with Gasteiger partial charge in [0.05, 0.1) is 6.54 Å². The van der Waals surface area contributed by atoms with Gasteiger partial charge in [0, 0.05) is 13.1 Å². The molecule has 1 aromatic carbocycles. The maximum Gasteiger partial charge on any atom is 0.410 e. The van der Waals surface area contributed by atoms with E-state index in [9.17, 15) is 14.7 Å². The lowest BCUT2D eigenvalue weighted by Crippen LogP contribution is -2.57. The molecule has 1 atom stereocenters. The molecule has 1 fully saturated rings. The molecule has 0 aromatic heterocycles. The van der Waals surface area contributed by atoms with E-state index in [-0.39, 0.29) is 13.2 Å². The molecule has 1 aliphatic rings. The van der Waals surface area contributed by atoms with E-state index in [0.29, 0.717) is 13.1 Å². The zero-order valence-corrected chi connectivity index (χ0v) is 13.5. The highest BCUT2D eigenvalue weighted by Crippen LogP contribution is 2.13. The maximum absolute atomic E-state index is 12.2. The molecule has 0 spiro atoms. The maximum atomic E-state index is 12.2. The summed E-state index contributed by atoms with van der Waals surface area (Å²) in [4.78, 5) is 27.0. The monoisotopic (exact) mass is 320 g/mol. The highest BCUT2D eigenvalue weighted by molar-refractivity contribution is 5.76. The predicted molar refractivity (Wildman–Crippen MR) is 86.1 cm³/mol. The van der Waals surface area contributed by atoms with Gasteiger partial charge in [-0.25, -0.2) is 4.79 Å². The Balaban J connectivity index is 1.88. The van der Waals surface area contributed by atoms with Gasteiger partial charge in [0.25, 0.3) is 0 Å². The van der Waals surface area contributed by atoms with E-state index in [1.54, 1.807) is 0 Å². The first-order valence-electron chi connectivity index (χ1n) is 8.04. The van der Waals surface area contributed by atoms with Crippen LogP contribution >= 0.6 is 0 Å². The summed E-state index contributed by atoms with van der Waals surface area (Å²) < 4.78 is 5.29. The van der Waals surface area contributed by atoms with Gasteiger partial charge in [-0.2, -0.15) is 0 Å². The molecule has 2 rings (SSSR count). The first kappa shape index (κ1) is 17.3. The van der Waals surface area contributed by atoms with E-state index in [2.05, 4.69) is 6.92 Å². The first-order valence-corrected chi connectivity index (χ1v) is 8.04. The molecule has 1 heterocycles. The van der Waals surface area contributed by atoms with Gasteiger partial charge in [-0.3, -0.25) is 9.69 Å². The van der Waals surface area contributed by atoms with Gasteiger partial charge in [0.15, 0.2) is 0 Å². The van der Waals surface area contributed by atoms with E-state index < -0.39 is 18.1 Å². The average Bonchev–Trinajstić information content (AvgIpc) is 2.58. The number of amides is 1. The molecule has 0 saturated carbocycles. The predicted octanol–water partition coefficient (Wildman–Crippen LogP) is 2.19. The lowest BCUT2D eigenvalue weighted by Gasteiger charge is -2.38. The Hall–Kier alpha value is -2.08. The lowest BCUT2D eigenvalue weighted by atomic mass is 10.1. The number of benzene rings is 1. The number of unbranched alkanes of at least 4 members (excludes halogenated alkanes) is 1. The van der Waals surface area contributed by atoms with Crippen molar-refractivity contribution in [1.82, 2.24) is 9.80 Å². The van der Waals surface area contributed by atoms with Gasteiger partial charge < -0.3 is 14.7 Å². The second-order valence-electron chi connectivity index (χ2n) is 5.73. The molecular weight excluding hydrogens is 296 g/mol. The number of nitrogens with zero attached hydrogens (tertiary/aromatic N) is 2. The number of ether oxygens (including phenoxy) is 1. The third-order valence-corrected chi connectivity index (χ3v) is 4.04. The molecule has 1 saturated heterocycles. The van der Waals surface area contributed by atoms with Crippen LogP contribution < -0.4 is 0 Å². The summed E-state index contributed by atoms with van der Waals surface area (Å²) >= 11 is 0. The third-order valence-electron chi connectivity index (χ3n) is 4.04. The summed E-state index contributed by atoms with van der Waals surface area (Å²) in [5.74, 6) is -0.887. The number of carbonyl (C=O) groups is 2. The summed E-state index contributed by atoms with van der Waals surface area (Å²) in [6.07, 6.45) is 1.53. The number of piperazine rings is 1. The van der Waals surface area contributed by atoms with Crippen molar-refractivity contribution in [3.63, 3.8) is 0 Å². The number of carboxylic acid groups (broad SMARTS) is 1. The van der Waals surface area contributed by atoms with E-state index >= 15 is 0 Å². The molecule has 1 aromatic rings. The number of carbonyl (C=O) groups excluding carboxylic acids is 1. The zero-order valence-electron chi connectivity index (χ0n) is 13.5. The van der Waals surface area contributed by atoms with Crippen molar-refractivity contribution in [3.8, 4) is 0 Å². The van der Waals surface area contributed by atoms with Crippen LogP contribution in [0.3, 0.4) is 0 Å². The summed E-state index contributed by atoms with van der Waals surface area (Å²) in [6.45, 7) is 4.27. The minimum atomic E-state index is -0.887. The standard InChI is InChI=1S/C17H24N2O4/c1-2-3-9-18-10-11-19(12-15(18)16(20)21)17(22)23-13-14-7-5-4-6-8-14/h4-8,15H,2-3,9-13H2,1H3,(H,20,21). The highest BCUT2D eigenvalue weighted by atomic mass is 16.6. The summed E-state index contributed by atoms with van der Waals surface area (Å²) in [5.41, 5.74) is 0.914. The van der Waals surface area contributed by atoms with Crippen molar-refractivity contribution >= 4 is 12.1 Å². The molecule has 0 bridgehead atoms. The molecule has 6 nitrogen and oxygen atoms in total. The molecule has 1 aliphatic heterocycles. The van der Waals surface area contributed by atoms with Gasteiger partial charge in [0.1, 0.15) is 12.6 Å². The van der Waals surface area contributed by atoms with E-state index in [1.807, 2.05) is 35.2 Å². The van der Waals surface area contributed by atoms with Crippen molar-refractivity contribution in [1.29, 1.82) is 0 Å². The molecule has 23 heavy (non-hydrogen) atoms. The van der Waals surface area contributed by atoms with Crippen LogP contribution in [-0.2, 0) is 16.1 Å². The van der Waals surface area contributed by atoms with Gasteiger partial charge in [-0.05, 0) is 18.5 Å². The fourth-order valence-electron chi connectivity index (χ4n) is 2.66. The Morgan fingerprint density at radius 3 is 2.65 bits per heavy atom. The molecule has 1 amide bonds. The van der Waals surface area contributed by atoms with E-state index in [0.717, 1.165) is 24.9 Å². The highest BCUT2D eigenvalue weighted by Gasteiger charge is 2.34. The van der Waals surface area contributed by atoms with Gasteiger partial charge in [-0.15, -0.1) is 0 Å². The normalized spacial score (nSPS) is 18.7. The molecule has 1 N–H and O–H groups in total. The Morgan fingerprint density at radius 1 is 1.26 bits per heavy atom. The number of aliphatic carboxylic acids is 1. The largest absolute Gasteiger partial charge is 0.480 e. The Morgan fingerprint density at radius 2 is 2.00 bits per heavy atom. The van der Waals surface area contributed by atoms with Crippen LogP contribution in [0.1, 0.15) is 25.3 Å². The van der Waals surface area contributed by atoms with Gasteiger partial charge >= 0.3 is 12.1 Å². The van der Waals surface area contributed by atoms with Gasteiger partial charge in [-0.1, -0.05) is 43.7 Å². The molecule has 1 unspecified atom stereocenters. The van der Waals surface area contributed by atoms with Crippen LogP contribution in [0, 0.1) is 0 Å². The summed E-state index contributed by atoms with van der Waals surface area (Å²) in [5, 5.41) is 9.40. The smallest absolute Gasteiger partial charge is 0.410 e. The lowest BCUT2D eigenvalue weighted by molar-refractivity contribution is -0.145. The first-order chi connectivity index (χ1) is 11.1. The number of hydrogen-bond donors (Lipinski definition) is 1. The van der Waals surface area contributed by atoms with Crippen molar-refractivity contribution in [2.75, 3.05) is 26.2 Å². The van der Waals surface area contributed by atoms with Crippen LogP contribution in [0.4, 0.5) is 4.79 Å². The Kier molecular flexibility index (Phi) is 6.40. The van der Waals surface area contributed by atoms with Crippen LogP contribution in [-0.4, -0.2) is 59.2 Å². The van der Waals surface area contributed by atoms with E-state index in [4.69, 9.17) is 4.74 Å². The van der Waals surface area contributed by atoms with E-state index in [1.165, 1.54) is 4.90 Å². The molecule has 0 aliphatic carbocycles. The minimum Gasteiger partial charge on any atom is -0.480 e. The van der Waals surface area contributed by atoms with Crippen molar-refractivity contribution in [2.24, 2.45) is 0 Å². The third kappa shape index (κ3) is 4.96. The SMILES string of the molecule is CCCCN1CCN(C(=O)OCc2ccccc2)CC1C(=O)O. The fourth-order valence-corrected chi connectivity index (χ4v) is 2.66. The summed E-state index contributed by atoms with van der Waals surface area (Å²) in [6, 6.07) is 8.79. The number of hydrogen-bond acceptors (Lipinski definition) is 4. The molecular formula is C17H24N2O4. The van der Waals surface area contributed by atoms with Gasteiger partial charge in [0.2, 0.25) is 0 Å². The van der Waals surface area contributed by atoms with Crippen molar-refractivity contribution in [3.05, 3.63) is 35.9 Å². The van der Waals surface area contributed by atoms with Crippen LogP contribution in [0.5, 0.6) is 0 Å².